The van der Waals surface area contributed by atoms with Crippen LogP contribution in [0.2, 0.25) is 0 Å². The lowest BCUT2D eigenvalue weighted by molar-refractivity contribution is 0.512. The lowest BCUT2D eigenvalue weighted by atomic mass is 10.2. The molecule has 3 nitrogen and oxygen atoms in total. The Labute approximate surface area is 85.3 Å². The summed E-state index contributed by atoms with van der Waals surface area (Å²) in [6.07, 6.45) is 2.57. The molecule has 78 valence electrons. The van der Waals surface area contributed by atoms with Crippen molar-refractivity contribution in [3.63, 3.8) is 0 Å². The van der Waals surface area contributed by atoms with Crippen LogP contribution in [0.25, 0.3) is 0 Å². The smallest absolute Gasteiger partial charge is 0.126 e. The normalized spacial score (nSPS) is 16.6. The van der Waals surface area contributed by atoms with E-state index in [2.05, 4.69) is 23.4 Å². The Morgan fingerprint density at radius 2 is 2.14 bits per heavy atom. The molecule has 0 bridgehead atoms. The van der Waals surface area contributed by atoms with Gasteiger partial charge in [-0.3, -0.25) is 0 Å². The molecule has 1 aromatic heterocycles. The fraction of sp³-hybridized carbons (Fsp3) is 0.727. The molecule has 1 aliphatic rings. The molecule has 2 rings (SSSR count). The second kappa shape index (κ2) is 3.30. The molecule has 1 aliphatic carbocycles. The van der Waals surface area contributed by atoms with Gasteiger partial charge in [0, 0.05) is 12.5 Å². The largest absolute Gasteiger partial charge is 0.384 e. The predicted octanol–water partition coefficient (Wildman–Crippen LogP) is 2.31. The van der Waals surface area contributed by atoms with Gasteiger partial charge in [0.1, 0.15) is 11.6 Å². The highest BCUT2D eigenvalue weighted by Gasteiger charge is 2.30. The maximum atomic E-state index is 6.02. The van der Waals surface area contributed by atoms with Crippen molar-refractivity contribution in [1.29, 1.82) is 0 Å². The van der Waals surface area contributed by atoms with E-state index in [0.29, 0.717) is 11.8 Å². The van der Waals surface area contributed by atoms with E-state index in [1.165, 1.54) is 18.7 Å². The van der Waals surface area contributed by atoms with E-state index in [-0.39, 0.29) is 0 Å². The zero-order valence-corrected chi connectivity index (χ0v) is 9.25. The van der Waals surface area contributed by atoms with Gasteiger partial charge < -0.3 is 10.3 Å². The van der Waals surface area contributed by atoms with Gasteiger partial charge in [-0.2, -0.15) is 0 Å². The average Bonchev–Trinajstić information content (AvgIpc) is 2.88. The van der Waals surface area contributed by atoms with Gasteiger partial charge in [-0.1, -0.05) is 13.8 Å². The van der Waals surface area contributed by atoms with Crippen LogP contribution in [-0.2, 0) is 6.54 Å². The van der Waals surface area contributed by atoms with Crippen molar-refractivity contribution < 1.29 is 0 Å². The Balaban J connectivity index is 2.33. The van der Waals surface area contributed by atoms with Crippen LogP contribution >= 0.6 is 0 Å². The Bertz CT molecular complexity index is 335. The maximum Gasteiger partial charge on any atom is 0.126 e. The Morgan fingerprint density at radius 3 is 2.64 bits per heavy atom. The first-order valence-electron chi connectivity index (χ1n) is 5.42. The molecule has 1 saturated carbocycles. The average molecular weight is 193 g/mol. The molecule has 0 unspecified atom stereocenters. The Kier molecular flexibility index (Phi) is 2.25. The standard InChI is InChI=1S/C11H19N3/c1-7(2)6-14-10(12)8(3)13-11(14)9-4-5-9/h7,9H,4-6,12H2,1-3H3. The molecular formula is C11H19N3. The van der Waals surface area contributed by atoms with E-state index in [1.54, 1.807) is 0 Å². The van der Waals surface area contributed by atoms with Crippen LogP contribution in [0, 0.1) is 12.8 Å². The van der Waals surface area contributed by atoms with Crippen molar-refractivity contribution in [1.82, 2.24) is 9.55 Å². The monoisotopic (exact) mass is 193 g/mol. The zero-order chi connectivity index (χ0) is 10.3. The van der Waals surface area contributed by atoms with Crippen molar-refractivity contribution >= 4 is 5.82 Å². The minimum atomic E-state index is 0.628. The summed E-state index contributed by atoms with van der Waals surface area (Å²) in [5, 5.41) is 0. The van der Waals surface area contributed by atoms with E-state index in [4.69, 9.17) is 5.73 Å². The first kappa shape index (κ1) is 9.56. The van der Waals surface area contributed by atoms with Gasteiger partial charge in [0.25, 0.3) is 0 Å². The van der Waals surface area contributed by atoms with Gasteiger partial charge in [-0.05, 0) is 25.7 Å². The number of aromatic nitrogens is 2. The summed E-state index contributed by atoms with van der Waals surface area (Å²) in [6.45, 7) is 7.42. The summed E-state index contributed by atoms with van der Waals surface area (Å²) < 4.78 is 2.21. The molecule has 0 atom stereocenters. The molecule has 2 N–H and O–H groups in total. The van der Waals surface area contributed by atoms with Crippen molar-refractivity contribution in [2.24, 2.45) is 5.92 Å². The zero-order valence-electron chi connectivity index (χ0n) is 9.25. The molecule has 0 spiro atoms. The topological polar surface area (TPSA) is 43.8 Å². The lowest BCUT2D eigenvalue weighted by Gasteiger charge is -2.11. The molecule has 0 aromatic carbocycles. The Hall–Kier alpha value is -0.990. The molecule has 0 aliphatic heterocycles. The Morgan fingerprint density at radius 1 is 1.50 bits per heavy atom. The van der Waals surface area contributed by atoms with Crippen molar-refractivity contribution in [2.75, 3.05) is 5.73 Å². The third kappa shape index (κ3) is 1.63. The van der Waals surface area contributed by atoms with Crippen molar-refractivity contribution in [2.45, 2.75) is 46.1 Å². The summed E-state index contributed by atoms with van der Waals surface area (Å²) in [5.74, 6) is 3.39. The maximum absolute atomic E-state index is 6.02. The van der Waals surface area contributed by atoms with Crippen molar-refractivity contribution in [3.05, 3.63) is 11.5 Å². The van der Waals surface area contributed by atoms with E-state index < -0.39 is 0 Å². The number of rotatable bonds is 3. The number of anilines is 1. The van der Waals surface area contributed by atoms with Gasteiger partial charge in [-0.15, -0.1) is 0 Å². The van der Waals surface area contributed by atoms with Gasteiger partial charge in [-0.25, -0.2) is 4.98 Å². The number of nitrogens with two attached hydrogens (primary N) is 1. The minimum Gasteiger partial charge on any atom is -0.384 e. The second-order valence-electron chi connectivity index (χ2n) is 4.72. The van der Waals surface area contributed by atoms with E-state index in [1.807, 2.05) is 6.92 Å². The number of nitrogen functional groups attached to an aromatic ring is 1. The molecule has 0 saturated heterocycles. The summed E-state index contributed by atoms with van der Waals surface area (Å²) >= 11 is 0. The SMILES string of the molecule is Cc1nc(C2CC2)n(CC(C)C)c1N. The van der Waals surface area contributed by atoms with Crippen molar-refractivity contribution in [3.8, 4) is 0 Å². The van der Waals surface area contributed by atoms with Gasteiger partial charge in [0.2, 0.25) is 0 Å². The fourth-order valence-corrected chi connectivity index (χ4v) is 1.82. The summed E-state index contributed by atoms with van der Waals surface area (Å²) in [6, 6.07) is 0. The predicted molar refractivity (Wildman–Crippen MR) is 58.2 cm³/mol. The number of imidazole rings is 1. The first-order chi connectivity index (χ1) is 6.59. The van der Waals surface area contributed by atoms with Gasteiger partial charge >= 0.3 is 0 Å². The van der Waals surface area contributed by atoms with Crippen LogP contribution in [-0.4, -0.2) is 9.55 Å². The summed E-state index contributed by atoms with van der Waals surface area (Å²) in [5.41, 5.74) is 7.01. The first-order valence-corrected chi connectivity index (χ1v) is 5.42. The van der Waals surface area contributed by atoms with E-state index in [0.717, 1.165) is 18.1 Å². The number of nitrogens with zero attached hydrogens (tertiary/aromatic N) is 2. The van der Waals surface area contributed by atoms with Crippen LogP contribution in [0.1, 0.15) is 44.1 Å². The van der Waals surface area contributed by atoms with Crippen LogP contribution in [0.5, 0.6) is 0 Å². The van der Waals surface area contributed by atoms with Gasteiger partial charge in [0.15, 0.2) is 0 Å². The molecule has 1 fully saturated rings. The molecule has 1 heterocycles. The van der Waals surface area contributed by atoms with Gasteiger partial charge in [0.05, 0.1) is 5.69 Å². The molecular weight excluding hydrogens is 174 g/mol. The molecule has 14 heavy (non-hydrogen) atoms. The summed E-state index contributed by atoms with van der Waals surface area (Å²) in [7, 11) is 0. The second-order valence-corrected chi connectivity index (χ2v) is 4.72. The highest BCUT2D eigenvalue weighted by Crippen LogP contribution is 2.40. The highest BCUT2D eigenvalue weighted by atomic mass is 15.1. The van der Waals surface area contributed by atoms with E-state index >= 15 is 0 Å². The quantitative estimate of drug-likeness (QED) is 0.800. The molecule has 0 amide bonds. The van der Waals surface area contributed by atoms with Crippen LogP contribution in [0.3, 0.4) is 0 Å². The highest BCUT2D eigenvalue weighted by molar-refractivity contribution is 5.38. The molecule has 0 radical (unpaired) electrons. The number of hydrogen-bond acceptors (Lipinski definition) is 2. The minimum absolute atomic E-state index is 0.628. The third-order valence-corrected chi connectivity index (χ3v) is 2.71. The molecule has 1 aromatic rings. The number of aryl methyl sites for hydroxylation is 1. The molecule has 3 heteroatoms. The number of hydrogen-bond donors (Lipinski definition) is 1. The van der Waals surface area contributed by atoms with Crippen LogP contribution in [0.4, 0.5) is 5.82 Å². The lowest BCUT2D eigenvalue weighted by Crippen LogP contribution is -2.10. The third-order valence-electron chi connectivity index (χ3n) is 2.71. The van der Waals surface area contributed by atoms with E-state index in [9.17, 15) is 0 Å². The summed E-state index contributed by atoms with van der Waals surface area (Å²) in [4.78, 5) is 4.56. The fourth-order valence-electron chi connectivity index (χ4n) is 1.82. The van der Waals surface area contributed by atoms with Crippen LogP contribution in [0.15, 0.2) is 0 Å². The van der Waals surface area contributed by atoms with Crippen LogP contribution < -0.4 is 5.73 Å².